The monoisotopic (exact) mass is 892 g/mol. The molecule has 9 heteroatoms. The molecule has 1 heterocycles. The van der Waals surface area contributed by atoms with Crippen LogP contribution in [0.5, 0.6) is 0 Å². The molecular formula is C54H101NO8. The van der Waals surface area contributed by atoms with E-state index in [1.54, 1.807) is 6.08 Å². The second-order valence-electron chi connectivity index (χ2n) is 18.7. The van der Waals surface area contributed by atoms with Crippen molar-refractivity contribution >= 4 is 5.91 Å². The molecule has 0 aromatic carbocycles. The number of amides is 1. The first-order valence-corrected chi connectivity index (χ1v) is 26.7. The molecule has 1 amide bonds. The minimum Gasteiger partial charge on any atom is -0.394 e. The van der Waals surface area contributed by atoms with E-state index in [9.17, 15) is 30.3 Å². The van der Waals surface area contributed by atoms with Crippen molar-refractivity contribution in [1.29, 1.82) is 0 Å². The van der Waals surface area contributed by atoms with Gasteiger partial charge in [-0.3, -0.25) is 4.79 Å². The Morgan fingerprint density at radius 2 is 0.905 bits per heavy atom. The SMILES string of the molecule is CCCCCCCCCCCCCCCCCCC/C=C/CC/C=C/CC/C=C/C(O)C(COC1OC(CO)C(O)C(O)C1O)NC(=O)CCCCCCCCCCCCCCC. The Kier molecular flexibility index (Phi) is 41.7. The van der Waals surface area contributed by atoms with E-state index >= 15 is 0 Å². The van der Waals surface area contributed by atoms with Crippen LogP contribution < -0.4 is 5.32 Å². The summed E-state index contributed by atoms with van der Waals surface area (Å²) in [5.74, 6) is -0.190. The molecule has 0 aliphatic carbocycles. The molecule has 0 aromatic rings. The number of ether oxygens (including phenoxy) is 2. The summed E-state index contributed by atoms with van der Waals surface area (Å²) >= 11 is 0. The van der Waals surface area contributed by atoms with E-state index in [4.69, 9.17) is 9.47 Å². The maximum absolute atomic E-state index is 13.0. The number of aliphatic hydroxyl groups is 5. The summed E-state index contributed by atoms with van der Waals surface area (Å²) in [5.41, 5.74) is 0. The lowest BCUT2D eigenvalue weighted by Gasteiger charge is -2.40. The van der Waals surface area contributed by atoms with Crippen molar-refractivity contribution in [2.45, 2.75) is 288 Å². The standard InChI is InChI=1S/C54H101NO8/c1-3-5-7-9-11-13-15-17-18-19-20-21-22-23-24-25-26-27-28-29-30-32-33-35-37-39-41-43-48(57)47(46-62-54-53(61)52(60)51(59)49(45-56)63-54)55-50(58)44-42-40-38-36-34-31-16-14-12-10-8-6-4-2/h28-29,33,35,41,43,47-49,51-54,56-57,59-61H,3-27,30-32,34,36-40,42,44-46H2,1-2H3,(H,55,58)/b29-28+,35-33+,43-41+. The summed E-state index contributed by atoms with van der Waals surface area (Å²) in [6.45, 7) is 3.77. The molecule has 0 aromatic heterocycles. The smallest absolute Gasteiger partial charge is 0.220 e. The second-order valence-corrected chi connectivity index (χ2v) is 18.7. The largest absolute Gasteiger partial charge is 0.394 e. The minimum absolute atomic E-state index is 0.190. The van der Waals surface area contributed by atoms with Gasteiger partial charge in [0, 0.05) is 6.42 Å². The zero-order chi connectivity index (χ0) is 45.9. The molecule has 1 rings (SSSR count). The Bertz CT molecular complexity index is 1080. The number of aliphatic hydroxyl groups excluding tert-OH is 5. The molecule has 1 aliphatic heterocycles. The zero-order valence-corrected chi connectivity index (χ0v) is 40.8. The summed E-state index contributed by atoms with van der Waals surface area (Å²) < 4.78 is 11.2. The number of nitrogens with one attached hydrogen (secondary N) is 1. The lowest BCUT2D eigenvalue weighted by Crippen LogP contribution is -2.60. The van der Waals surface area contributed by atoms with Crippen LogP contribution in [0.15, 0.2) is 36.5 Å². The fourth-order valence-electron chi connectivity index (χ4n) is 8.42. The van der Waals surface area contributed by atoms with Crippen molar-refractivity contribution < 1.29 is 39.8 Å². The summed E-state index contributed by atoms with van der Waals surface area (Å²) in [5, 5.41) is 54.3. The quantitative estimate of drug-likeness (QED) is 0.0261. The first kappa shape index (κ1) is 59.4. The van der Waals surface area contributed by atoms with E-state index in [0.29, 0.717) is 6.42 Å². The van der Waals surface area contributed by atoms with Crippen LogP contribution in [0.1, 0.15) is 245 Å². The molecule has 7 atom stereocenters. The van der Waals surface area contributed by atoms with Crippen LogP contribution in [0.4, 0.5) is 0 Å². The van der Waals surface area contributed by atoms with Crippen molar-refractivity contribution in [3.05, 3.63) is 36.5 Å². The van der Waals surface area contributed by atoms with Crippen LogP contribution in [0.3, 0.4) is 0 Å². The van der Waals surface area contributed by atoms with Crippen molar-refractivity contribution in [3.8, 4) is 0 Å². The molecule has 0 radical (unpaired) electrons. The van der Waals surface area contributed by atoms with Gasteiger partial charge in [-0.15, -0.1) is 0 Å². The number of hydrogen-bond acceptors (Lipinski definition) is 8. The molecule has 9 nitrogen and oxygen atoms in total. The van der Waals surface area contributed by atoms with E-state index in [1.165, 1.54) is 180 Å². The van der Waals surface area contributed by atoms with Crippen molar-refractivity contribution in [2.75, 3.05) is 13.2 Å². The van der Waals surface area contributed by atoms with Gasteiger partial charge < -0.3 is 40.3 Å². The van der Waals surface area contributed by atoms with Crippen LogP contribution in [0.25, 0.3) is 0 Å². The average Bonchev–Trinajstić information content (AvgIpc) is 3.28. The highest BCUT2D eigenvalue weighted by Crippen LogP contribution is 2.23. The number of rotatable bonds is 45. The minimum atomic E-state index is -1.57. The van der Waals surface area contributed by atoms with E-state index in [2.05, 4.69) is 43.5 Å². The lowest BCUT2D eigenvalue weighted by molar-refractivity contribution is -0.302. The highest BCUT2D eigenvalue weighted by molar-refractivity contribution is 5.76. The Hall–Kier alpha value is -1.59. The van der Waals surface area contributed by atoms with Gasteiger partial charge in [-0.25, -0.2) is 0 Å². The molecule has 1 aliphatic rings. The zero-order valence-electron chi connectivity index (χ0n) is 40.8. The van der Waals surface area contributed by atoms with Gasteiger partial charge in [0.1, 0.15) is 24.4 Å². The summed E-state index contributed by atoms with van der Waals surface area (Å²) in [4.78, 5) is 13.0. The van der Waals surface area contributed by atoms with Crippen molar-refractivity contribution in [2.24, 2.45) is 0 Å². The van der Waals surface area contributed by atoms with E-state index in [1.807, 2.05) is 6.08 Å². The van der Waals surface area contributed by atoms with Gasteiger partial charge in [0.25, 0.3) is 0 Å². The maximum Gasteiger partial charge on any atom is 0.220 e. The third-order valence-electron chi connectivity index (χ3n) is 12.7. The van der Waals surface area contributed by atoms with Gasteiger partial charge in [0.15, 0.2) is 6.29 Å². The second kappa shape index (κ2) is 44.3. The number of carbonyl (C=O) groups is 1. The first-order chi connectivity index (χ1) is 30.8. The molecule has 0 saturated carbocycles. The predicted molar refractivity (Wildman–Crippen MR) is 263 cm³/mol. The van der Waals surface area contributed by atoms with Crippen LogP contribution in [0, 0.1) is 0 Å². The molecule has 7 unspecified atom stereocenters. The number of carbonyl (C=O) groups excluding carboxylic acids is 1. The highest BCUT2D eigenvalue weighted by Gasteiger charge is 2.44. The molecule has 6 N–H and O–H groups in total. The lowest BCUT2D eigenvalue weighted by atomic mass is 9.99. The van der Waals surface area contributed by atoms with Crippen LogP contribution >= 0.6 is 0 Å². The van der Waals surface area contributed by atoms with Crippen molar-refractivity contribution in [1.82, 2.24) is 5.32 Å². The van der Waals surface area contributed by atoms with Crippen LogP contribution in [-0.4, -0.2) is 87.5 Å². The number of hydrogen-bond donors (Lipinski definition) is 6. The maximum atomic E-state index is 13.0. The van der Waals surface area contributed by atoms with E-state index in [-0.39, 0.29) is 12.5 Å². The molecular weight excluding hydrogens is 791 g/mol. The number of unbranched alkanes of at least 4 members (excludes halogenated alkanes) is 31. The Morgan fingerprint density at radius 3 is 1.33 bits per heavy atom. The third kappa shape index (κ3) is 34.4. The summed E-state index contributed by atoms with van der Waals surface area (Å²) in [7, 11) is 0. The molecule has 0 bridgehead atoms. The Balaban J connectivity index is 2.27. The number of allylic oxidation sites excluding steroid dienone is 5. The molecule has 1 saturated heterocycles. The van der Waals surface area contributed by atoms with Gasteiger partial charge in [0.05, 0.1) is 25.4 Å². The van der Waals surface area contributed by atoms with Gasteiger partial charge in [-0.05, 0) is 44.9 Å². The van der Waals surface area contributed by atoms with Gasteiger partial charge in [0.2, 0.25) is 5.91 Å². The van der Waals surface area contributed by atoms with Gasteiger partial charge in [-0.1, -0.05) is 230 Å². The van der Waals surface area contributed by atoms with Crippen LogP contribution in [-0.2, 0) is 14.3 Å². The molecule has 0 spiro atoms. The molecule has 370 valence electrons. The molecule has 63 heavy (non-hydrogen) atoms. The van der Waals surface area contributed by atoms with E-state index in [0.717, 1.165) is 44.9 Å². The van der Waals surface area contributed by atoms with Gasteiger partial charge in [-0.2, -0.15) is 0 Å². The third-order valence-corrected chi connectivity index (χ3v) is 12.7. The van der Waals surface area contributed by atoms with Crippen LogP contribution in [0.2, 0.25) is 0 Å². The summed E-state index contributed by atoms with van der Waals surface area (Å²) in [6.07, 6.45) is 49.3. The fourth-order valence-corrected chi connectivity index (χ4v) is 8.42. The summed E-state index contributed by atoms with van der Waals surface area (Å²) in [6, 6.07) is -0.825. The average molecular weight is 892 g/mol. The normalized spacial score (nSPS) is 20.4. The van der Waals surface area contributed by atoms with E-state index < -0.39 is 49.5 Å². The Morgan fingerprint density at radius 1 is 0.524 bits per heavy atom. The fraction of sp³-hybridized carbons (Fsp3) is 0.870. The van der Waals surface area contributed by atoms with Crippen molar-refractivity contribution in [3.63, 3.8) is 0 Å². The predicted octanol–water partition coefficient (Wildman–Crippen LogP) is 12.4. The first-order valence-electron chi connectivity index (χ1n) is 26.7. The Labute approximate surface area is 387 Å². The van der Waals surface area contributed by atoms with Gasteiger partial charge >= 0.3 is 0 Å². The topological polar surface area (TPSA) is 149 Å². The highest BCUT2D eigenvalue weighted by atomic mass is 16.7. The molecule has 1 fully saturated rings.